The number of amides is 2. The van der Waals surface area contributed by atoms with Crippen LogP contribution in [-0.2, 0) is 11.4 Å². The Labute approximate surface area is 175 Å². The van der Waals surface area contributed by atoms with Crippen molar-refractivity contribution in [1.29, 1.82) is 0 Å². The van der Waals surface area contributed by atoms with Crippen molar-refractivity contribution in [2.45, 2.75) is 38.7 Å². The van der Waals surface area contributed by atoms with E-state index in [1.54, 1.807) is 24.3 Å². The molecule has 2 saturated carbocycles. The predicted octanol–water partition coefficient (Wildman–Crippen LogP) is 4.51. The Morgan fingerprint density at radius 1 is 0.966 bits per heavy atom. The quantitative estimate of drug-likeness (QED) is 0.686. The van der Waals surface area contributed by atoms with Crippen molar-refractivity contribution >= 4 is 23.4 Å². The largest absolute Gasteiger partial charge is 0.489 e. The van der Waals surface area contributed by atoms with Crippen LogP contribution in [0.5, 0.6) is 5.75 Å². The van der Waals surface area contributed by atoms with E-state index >= 15 is 0 Å². The van der Waals surface area contributed by atoms with Gasteiger partial charge in [0.1, 0.15) is 12.4 Å². The zero-order valence-electron chi connectivity index (χ0n) is 16.2. The van der Waals surface area contributed by atoms with E-state index in [4.69, 9.17) is 16.3 Å². The van der Waals surface area contributed by atoms with Crippen LogP contribution in [0.3, 0.4) is 0 Å². The molecule has 29 heavy (non-hydrogen) atoms. The van der Waals surface area contributed by atoms with Crippen molar-refractivity contribution in [2.24, 2.45) is 17.8 Å². The smallest absolute Gasteiger partial charge is 0.269 e. The number of hydrogen-bond donors (Lipinski definition) is 2. The lowest BCUT2D eigenvalue weighted by Crippen LogP contribution is -2.42. The number of rotatable bonds is 6. The van der Waals surface area contributed by atoms with Crippen LogP contribution in [0, 0.1) is 17.8 Å². The summed E-state index contributed by atoms with van der Waals surface area (Å²) in [5.41, 5.74) is 6.50. The summed E-state index contributed by atoms with van der Waals surface area (Å²) in [6.45, 7) is 0.393. The molecular formula is C23H25ClN2O3. The molecule has 0 saturated heterocycles. The lowest BCUT2D eigenvalue weighted by atomic mass is 9.86. The normalized spacial score (nSPS) is 22.3. The monoisotopic (exact) mass is 412 g/mol. The minimum Gasteiger partial charge on any atom is -0.489 e. The van der Waals surface area contributed by atoms with Gasteiger partial charge in [0.25, 0.3) is 5.91 Å². The summed E-state index contributed by atoms with van der Waals surface area (Å²) in [6.07, 6.45) is 5.51. The van der Waals surface area contributed by atoms with Gasteiger partial charge in [0.05, 0.1) is 0 Å². The topological polar surface area (TPSA) is 67.4 Å². The summed E-state index contributed by atoms with van der Waals surface area (Å²) in [7, 11) is 0. The predicted molar refractivity (Wildman–Crippen MR) is 111 cm³/mol. The van der Waals surface area contributed by atoms with Gasteiger partial charge in [0, 0.05) is 17.0 Å². The van der Waals surface area contributed by atoms with E-state index in [9.17, 15) is 9.59 Å². The van der Waals surface area contributed by atoms with Gasteiger partial charge in [0.15, 0.2) is 0 Å². The first-order chi connectivity index (χ1) is 14.1. The molecule has 152 valence electrons. The fourth-order valence-corrected chi connectivity index (χ4v) is 4.69. The first kappa shape index (κ1) is 19.8. The standard InChI is InChI=1S/C23H25ClN2O3/c24-20-7-9-21(10-8-20)29-14-15-1-4-17(5-2-15)23(28)26-25-22(27)13-19-12-16-3-6-18(19)11-16/h1-2,4-5,7-10,16,18-19H,3,6,11-14H2,(H,25,27)(H,26,28)/t16-,18+,19+/m0/s1. The van der Waals surface area contributed by atoms with Crippen LogP contribution in [0.1, 0.15) is 48.0 Å². The third-order valence-electron chi connectivity index (χ3n) is 6.08. The van der Waals surface area contributed by atoms with Gasteiger partial charge in [-0.3, -0.25) is 20.4 Å². The number of hydrogen-bond acceptors (Lipinski definition) is 3. The fourth-order valence-electron chi connectivity index (χ4n) is 4.56. The lowest BCUT2D eigenvalue weighted by Gasteiger charge is -2.20. The fraction of sp³-hybridized carbons (Fsp3) is 0.391. The van der Waals surface area contributed by atoms with Gasteiger partial charge in [-0.1, -0.05) is 30.2 Å². The Hall–Kier alpha value is -2.53. The summed E-state index contributed by atoms with van der Waals surface area (Å²) in [5.74, 6) is 2.29. The minimum atomic E-state index is -0.323. The van der Waals surface area contributed by atoms with Crippen LogP contribution < -0.4 is 15.6 Å². The van der Waals surface area contributed by atoms with Gasteiger partial charge >= 0.3 is 0 Å². The van der Waals surface area contributed by atoms with Crippen molar-refractivity contribution in [3.05, 3.63) is 64.7 Å². The molecule has 2 N–H and O–H groups in total. The summed E-state index contributed by atoms with van der Waals surface area (Å²) < 4.78 is 5.69. The molecule has 0 radical (unpaired) electrons. The molecule has 2 aliphatic rings. The highest BCUT2D eigenvalue weighted by Crippen LogP contribution is 2.49. The van der Waals surface area contributed by atoms with Crippen molar-refractivity contribution < 1.29 is 14.3 Å². The Kier molecular flexibility index (Phi) is 6.05. The van der Waals surface area contributed by atoms with Crippen molar-refractivity contribution in [3.63, 3.8) is 0 Å². The first-order valence-corrected chi connectivity index (χ1v) is 10.5. The number of carbonyl (C=O) groups excluding carboxylic acids is 2. The molecule has 0 spiro atoms. The summed E-state index contributed by atoms with van der Waals surface area (Å²) in [4.78, 5) is 24.4. The molecule has 6 heteroatoms. The summed E-state index contributed by atoms with van der Waals surface area (Å²) >= 11 is 5.86. The highest BCUT2D eigenvalue weighted by Gasteiger charge is 2.40. The Morgan fingerprint density at radius 3 is 2.38 bits per heavy atom. The maximum absolute atomic E-state index is 12.3. The number of halogens is 1. The Balaban J connectivity index is 1.21. The molecule has 0 heterocycles. The van der Waals surface area contributed by atoms with Gasteiger partial charge in [-0.15, -0.1) is 0 Å². The van der Waals surface area contributed by atoms with Gasteiger partial charge in [-0.2, -0.15) is 0 Å². The Bertz CT molecular complexity index is 867. The molecule has 5 nitrogen and oxygen atoms in total. The molecule has 2 aliphatic carbocycles. The van der Waals surface area contributed by atoms with Gasteiger partial charge < -0.3 is 4.74 Å². The van der Waals surface area contributed by atoms with E-state index in [0.717, 1.165) is 23.7 Å². The Morgan fingerprint density at radius 2 is 1.72 bits per heavy atom. The zero-order valence-corrected chi connectivity index (χ0v) is 17.0. The number of fused-ring (bicyclic) bond motifs is 2. The van der Waals surface area contributed by atoms with Gasteiger partial charge in [0.2, 0.25) is 5.91 Å². The van der Waals surface area contributed by atoms with E-state index in [0.29, 0.717) is 35.4 Å². The molecule has 2 fully saturated rings. The minimum absolute atomic E-state index is 0.108. The molecule has 2 aromatic carbocycles. The van der Waals surface area contributed by atoms with Crippen molar-refractivity contribution in [2.75, 3.05) is 0 Å². The number of nitrogens with one attached hydrogen (secondary N) is 2. The number of hydrazine groups is 1. The molecule has 2 aromatic rings. The number of ether oxygens (including phenoxy) is 1. The third kappa shape index (κ3) is 5.10. The van der Waals surface area contributed by atoms with Gasteiger partial charge in [-0.05, 0) is 79.0 Å². The highest BCUT2D eigenvalue weighted by atomic mass is 35.5. The van der Waals surface area contributed by atoms with Crippen molar-refractivity contribution in [3.8, 4) is 5.75 Å². The lowest BCUT2D eigenvalue weighted by molar-refractivity contribution is -0.123. The molecule has 0 aliphatic heterocycles. The van der Waals surface area contributed by atoms with E-state index in [2.05, 4.69) is 10.9 Å². The number of benzene rings is 2. The average molecular weight is 413 g/mol. The second kappa shape index (κ2) is 8.87. The van der Waals surface area contributed by atoms with Crippen LogP contribution in [0.25, 0.3) is 0 Å². The average Bonchev–Trinajstić information content (AvgIpc) is 3.35. The molecule has 2 bridgehead atoms. The van der Waals surface area contributed by atoms with E-state index < -0.39 is 0 Å². The summed E-state index contributed by atoms with van der Waals surface area (Å²) in [5, 5.41) is 0.662. The highest BCUT2D eigenvalue weighted by molar-refractivity contribution is 6.30. The van der Waals surface area contributed by atoms with E-state index in [-0.39, 0.29) is 11.8 Å². The summed E-state index contributed by atoms with van der Waals surface area (Å²) in [6, 6.07) is 14.3. The van der Waals surface area contributed by atoms with Crippen LogP contribution >= 0.6 is 11.6 Å². The molecular weight excluding hydrogens is 388 g/mol. The van der Waals surface area contributed by atoms with E-state index in [1.165, 1.54) is 19.3 Å². The molecule has 0 aromatic heterocycles. The zero-order chi connectivity index (χ0) is 20.2. The second-order valence-electron chi connectivity index (χ2n) is 8.08. The number of carbonyl (C=O) groups is 2. The second-order valence-corrected chi connectivity index (χ2v) is 8.52. The SMILES string of the molecule is O=C(C[C@H]1C[C@H]2CC[C@@H]1C2)NNC(=O)c1ccc(COc2ccc(Cl)cc2)cc1. The molecule has 4 rings (SSSR count). The van der Waals surface area contributed by atoms with E-state index in [1.807, 2.05) is 24.3 Å². The van der Waals surface area contributed by atoms with Crippen LogP contribution in [-0.4, -0.2) is 11.8 Å². The van der Waals surface area contributed by atoms with Crippen LogP contribution in [0.2, 0.25) is 5.02 Å². The first-order valence-electron chi connectivity index (χ1n) is 10.1. The third-order valence-corrected chi connectivity index (χ3v) is 6.33. The van der Waals surface area contributed by atoms with Gasteiger partial charge in [-0.25, -0.2) is 0 Å². The van der Waals surface area contributed by atoms with Crippen molar-refractivity contribution in [1.82, 2.24) is 10.9 Å². The van der Waals surface area contributed by atoms with Crippen LogP contribution in [0.4, 0.5) is 0 Å². The molecule has 3 atom stereocenters. The molecule has 0 unspecified atom stereocenters. The maximum Gasteiger partial charge on any atom is 0.269 e. The maximum atomic E-state index is 12.3. The molecule has 2 amide bonds. The van der Waals surface area contributed by atoms with Crippen LogP contribution in [0.15, 0.2) is 48.5 Å².